The number of carbonyl (C=O) groups is 1. The maximum absolute atomic E-state index is 15.2. The van der Waals surface area contributed by atoms with E-state index in [1.807, 2.05) is 29.3 Å². The van der Waals surface area contributed by atoms with Crippen molar-refractivity contribution in [1.29, 1.82) is 0 Å². The van der Waals surface area contributed by atoms with Crippen molar-refractivity contribution in [3.63, 3.8) is 0 Å². The Morgan fingerprint density at radius 3 is 2.46 bits per heavy atom. The van der Waals surface area contributed by atoms with E-state index >= 15 is 4.39 Å². The van der Waals surface area contributed by atoms with Crippen LogP contribution in [-0.2, 0) is 24.9 Å². The Kier molecular flexibility index (Phi) is 4.98. The number of rotatable bonds is 3. The van der Waals surface area contributed by atoms with Crippen molar-refractivity contribution >= 4 is 5.91 Å². The molecule has 3 aliphatic rings. The van der Waals surface area contributed by atoms with Crippen LogP contribution in [0.4, 0.5) is 13.2 Å². The summed E-state index contributed by atoms with van der Waals surface area (Å²) in [7, 11) is 0. The smallest absolute Gasteiger partial charge is 0.278 e. The molecule has 1 aliphatic heterocycles. The van der Waals surface area contributed by atoms with Gasteiger partial charge in [0, 0.05) is 24.7 Å². The number of hydrogen-bond donors (Lipinski definition) is 1. The number of carbonyl (C=O) groups excluding carboxylic acids is 1. The van der Waals surface area contributed by atoms with Crippen LogP contribution in [0.3, 0.4) is 0 Å². The van der Waals surface area contributed by atoms with Crippen LogP contribution in [-0.4, -0.2) is 27.3 Å². The van der Waals surface area contributed by atoms with Crippen LogP contribution in [0.15, 0.2) is 77.7 Å². The fourth-order valence-corrected chi connectivity index (χ4v) is 6.75. The SMILES string of the molecule is O=C1c2c(O)c(=O)ccn2N(C23c4ccccc4CC2Cc2c3ccc(F)c2F)CN1Cc1ccc(F)cc1. The predicted octanol–water partition coefficient (Wildman–Crippen LogP) is 4.19. The minimum atomic E-state index is -1.02. The number of nitrogens with zero attached hydrogens (tertiary/aromatic N) is 3. The topological polar surface area (TPSA) is 65.8 Å². The zero-order chi connectivity index (χ0) is 27.1. The molecule has 3 aromatic carbocycles. The van der Waals surface area contributed by atoms with Crippen molar-refractivity contribution < 1.29 is 23.1 Å². The second-order valence-corrected chi connectivity index (χ2v) is 10.3. The van der Waals surface area contributed by atoms with Crippen molar-refractivity contribution in [3.8, 4) is 5.75 Å². The fraction of sp³-hybridized carbons (Fsp3) is 0.200. The maximum atomic E-state index is 15.2. The lowest BCUT2D eigenvalue weighted by molar-refractivity contribution is 0.0631. The molecule has 6 nitrogen and oxygen atoms in total. The molecular weight excluding hydrogens is 507 g/mol. The molecule has 0 bridgehead atoms. The van der Waals surface area contributed by atoms with Gasteiger partial charge in [-0.05, 0) is 58.9 Å². The molecule has 0 spiro atoms. The molecule has 2 aliphatic carbocycles. The summed E-state index contributed by atoms with van der Waals surface area (Å²) in [5.74, 6) is -3.71. The van der Waals surface area contributed by atoms with E-state index in [1.54, 1.807) is 18.2 Å². The third-order valence-electron chi connectivity index (χ3n) is 8.34. The van der Waals surface area contributed by atoms with Crippen LogP contribution in [0.2, 0.25) is 0 Å². The highest BCUT2D eigenvalue weighted by atomic mass is 19.2. The largest absolute Gasteiger partial charge is 0.502 e. The van der Waals surface area contributed by atoms with Crippen LogP contribution >= 0.6 is 0 Å². The van der Waals surface area contributed by atoms with Gasteiger partial charge < -0.3 is 10.0 Å². The zero-order valence-electron chi connectivity index (χ0n) is 20.6. The van der Waals surface area contributed by atoms with Crippen LogP contribution in [0.5, 0.6) is 5.75 Å². The van der Waals surface area contributed by atoms with Gasteiger partial charge in [0.05, 0.1) is 0 Å². The first-order valence-electron chi connectivity index (χ1n) is 12.6. The standard InChI is InChI=1S/C30H22F3N3O3/c31-20-7-5-17(6-8-20)15-34-16-36(35-12-11-25(37)28(38)27(35)29(34)39)30-19(13-18-3-1-2-4-22(18)30)14-21-23(30)9-10-24(32)26(21)33/h1-12,19,38H,13-16H2. The monoisotopic (exact) mass is 529 g/mol. The van der Waals surface area contributed by atoms with Gasteiger partial charge in [0.1, 0.15) is 18.0 Å². The summed E-state index contributed by atoms with van der Waals surface area (Å²) in [6.07, 6.45) is 2.31. The van der Waals surface area contributed by atoms with Gasteiger partial charge >= 0.3 is 0 Å². The minimum Gasteiger partial charge on any atom is -0.502 e. The molecule has 0 saturated heterocycles. The number of aromatic hydroxyl groups is 1. The number of amides is 1. The highest BCUT2D eigenvalue weighted by Gasteiger charge is 2.59. The van der Waals surface area contributed by atoms with Gasteiger partial charge in [-0.3, -0.25) is 19.3 Å². The van der Waals surface area contributed by atoms with Crippen molar-refractivity contribution in [1.82, 2.24) is 9.58 Å². The third kappa shape index (κ3) is 3.16. The molecule has 9 heteroatoms. The Labute approximate surface area is 221 Å². The summed E-state index contributed by atoms with van der Waals surface area (Å²) < 4.78 is 44.7. The Bertz CT molecular complexity index is 1740. The molecule has 2 atom stereocenters. The summed E-state index contributed by atoms with van der Waals surface area (Å²) in [5.41, 5.74) is 1.50. The van der Waals surface area contributed by atoms with E-state index in [0.29, 0.717) is 17.5 Å². The Morgan fingerprint density at radius 1 is 0.897 bits per heavy atom. The lowest BCUT2D eigenvalue weighted by atomic mass is 9.81. The molecule has 7 rings (SSSR count). The third-order valence-corrected chi connectivity index (χ3v) is 8.34. The van der Waals surface area contributed by atoms with Crippen LogP contribution < -0.4 is 10.4 Å². The van der Waals surface area contributed by atoms with Gasteiger partial charge in [-0.1, -0.05) is 42.5 Å². The molecular formula is C30H22F3N3O3. The first-order valence-corrected chi connectivity index (χ1v) is 12.6. The predicted molar refractivity (Wildman–Crippen MR) is 136 cm³/mol. The molecule has 2 heterocycles. The minimum absolute atomic E-state index is 0.00872. The molecule has 0 radical (unpaired) electrons. The zero-order valence-corrected chi connectivity index (χ0v) is 20.6. The lowest BCUT2D eigenvalue weighted by Gasteiger charge is -2.50. The van der Waals surface area contributed by atoms with E-state index in [-0.39, 0.29) is 36.8 Å². The first-order chi connectivity index (χ1) is 18.8. The van der Waals surface area contributed by atoms with E-state index in [4.69, 9.17) is 0 Å². The Hall–Kier alpha value is -4.53. The van der Waals surface area contributed by atoms with Crippen LogP contribution in [0.1, 0.15) is 38.3 Å². The summed E-state index contributed by atoms with van der Waals surface area (Å²) in [4.78, 5) is 27.6. The van der Waals surface area contributed by atoms with Crippen LogP contribution in [0, 0.1) is 23.4 Å². The number of fused-ring (bicyclic) bond motifs is 6. The molecule has 1 amide bonds. The van der Waals surface area contributed by atoms with Gasteiger partial charge in [0.2, 0.25) is 5.43 Å². The number of aromatic nitrogens is 1. The molecule has 1 N–H and O–H groups in total. The van der Waals surface area contributed by atoms with E-state index in [1.165, 1.54) is 34.0 Å². The average Bonchev–Trinajstić information content (AvgIpc) is 3.43. The second-order valence-electron chi connectivity index (χ2n) is 10.3. The van der Waals surface area contributed by atoms with Crippen molar-refractivity contribution in [2.24, 2.45) is 5.92 Å². The Morgan fingerprint density at radius 2 is 1.67 bits per heavy atom. The van der Waals surface area contributed by atoms with Gasteiger partial charge in [0.15, 0.2) is 23.1 Å². The normalized spacial score (nSPS) is 21.0. The summed E-state index contributed by atoms with van der Waals surface area (Å²) in [5, 5.41) is 12.7. The highest BCUT2D eigenvalue weighted by Crippen LogP contribution is 2.57. The number of benzene rings is 3. The second kappa shape index (κ2) is 8.23. The molecule has 4 aromatic rings. The summed E-state index contributed by atoms with van der Waals surface area (Å²) in [6.45, 7) is 0.0833. The van der Waals surface area contributed by atoms with Gasteiger partial charge in [-0.2, -0.15) is 0 Å². The van der Waals surface area contributed by atoms with E-state index in [0.717, 1.165) is 17.2 Å². The first kappa shape index (κ1) is 23.6. The number of halogens is 3. The van der Waals surface area contributed by atoms with E-state index in [2.05, 4.69) is 0 Å². The maximum Gasteiger partial charge on any atom is 0.278 e. The molecule has 2 unspecified atom stereocenters. The average molecular weight is 530 g/mol. The Balaban J connectivity index is 1.49. The van der Waals surface area contributed by atoms with Gasteiger partial charge in [-0.25, -0.2) is 13.2 Å². The van der Waals surface area contributed by atoms with Crippen molar-refractivity contribution in [2.75, 3.05) is 11.7 Å². The van der Waals surface area contributed by atoms with Crippen molar-refractivity contribution in [2.45, 2.75) is 24.9 Å². The molecule has 0 saturated carbocycles. The fourth-order valence-electron chi connectivity index (χ4n) is 6.75. The quantitative estimate of drug-likeness (QED) is 0.432. The molecule has 0 fully saturated rings. The van der Waals surface area contributed by atoms with Crippen molar-refractivity contribution in [3.05, 3.63) is 134 Å². The highest BCUT2D eigenvalue weighted by molar-refractivity contribution is 5.96. The van der Waals surface area contributed by atoms with Crippen LogP contribution in [0.25, 0.3) is 0 Å². The molecule has 196 valence electrons. The van der Waals surface area contributed by atoms with E-state index < -0.39 is 40.1 Å². The summed E-state index contributed by atoms with van der Waals surface area (Å²) in [6, 6.07) is 17.4. The number of pyridine rings is 1. The summed E-state index contributed by atoms with van der Waals surface area (Å²) >= 11 is 0. The lowest BCUT2D eigenvalue weighted by Crippen LogP contribution is -2.63. The molecule has 39 heavy (non-hydrogen) atoms. The number of hydrogen-bond acceptors (Lipinski definition) is 4. The van der Waals surface area contributed by atoms with Gasteiger partial charge in [0.25, 0.3) is 5.91 Å². The molecule has 1 aromatic heterocycles. The van der Waals surface area contributed by atoms with Gasteiger partial charge in [-0.15, -0.1) is 0 Å². The van der Waals surface area contributed by atoms with E-state index in [9.17, 15) is 23.5 Å².